The Morgan fingerprint density at radius 1 is 1.75 bits per heavy atom. The molecular formula is C6H10N2. The van der Waals surface area contributed by atoms with Crippen LogP contribution in [-0.4, -0.2) is 4.68 Å². The van der Waals surface area contributed by atoms with Gasteiger partial charge in [0.15, 0.2) is 0 Å². The van der Waals surface area contributed by atoms with Gasteiger partial charge in [0, 0.05) is 11.9 Å². The van der Waals surface area contributed by atoms with Crippen molar-refractivity contribution in [2.45, 2.75) is 13.3 Å². The molecular weight excluding hydrogens is 100 g/mol. The van der Waals surface area contributed by atoms with Crippen LogP contribution in [0, 0.1) is 0 Å². The van der Waals surface area contributed by atoms with Gasteiger partial charge >= 0.3 is 0 Å². The molecule has 0 aromatic carbocycles. The highest BCUT2D eigenvalue weighted by atomic mass is 15.3. The number of rotatable bonds is 1. The zero-order chi connectivity index (χ0) is 5.98. The second-order valence-corrected chi connectivity index (χ2v) is 1.76. The molecule has 0 aliphatic carbocycles. The van der Waals surface area contributed by atoms with Gasteiger partial charge < -0.3 is 5.84 Å². The van der Waals surface area contributed by atoms with Crippen molar-refractivity contribution in [3.63, 3.8) is 0 Å². The molecule has 0 aliphatic heterocycles. The van der Waals surface area contributed by atoms with E-state index in [2.05, 4.69) is 6.92 Å². The van der Waals surface area contributed by atoms with Crippen molar-refractivity contribution in [3.8, 4) is 0 Å². The Bertz CT molecular complexity index is 167. The number of aryl methyl sites for hydroxylation is 1. The van der Waals surface area contributed by atoms with Crippen LogP contribution < -0.4 is 5.84 Å². The molecule has 0 aliphatic rings. The van der Waals surface area contributed by atoms with E-state index < -0.39 is 0 Å². The Balaban J connectivity index is 2.92. The summed E-state index contributed by atoms with van der Waals surface area (Å²) in [6.45, 7) is 2.08. The van der Waals surface area contributed by atoms with Crippen LogP contribution in [0.15, 0.2) is 18.3 Å². The molecule has 0 atom stereocenters. The fraction of sp³-hybridized carbons (Fsp3) is 0.333. The summed E-state index contributed by atoms with van der Waals surface area (Å²) in [6, 6.07) is 3.96. The third kappa shape index (κ3) is 0.689. The average Bonchev–Trinajstić information content (AvgIpc) is 2.14. The molecule has 0 bridgehead atoms. The zero-order valence-electron chi connectivity index (χ0n) is 4.96. The summed E-state index contributed by atoms with van der Waals surface area (Å²) in [4.78, 5) is 0. The molecule has 0 saturated heterocycles. The fourth-order valence-corrected chi connectivity index (χ4v) is 0.729. The Labute approximate surface area is 48.9 Å². The van der Waals surface area contributed by atoms with E-state index in [9.17, 15) is 0 Å². The average molecular weight is 110 g/mol. The van der Waals surface area contributed by atoms with Crippen LogP contribution in [0.5, 0.6) is 0 Å². The molecule has 2 N–H and O–H groups in total. The van der Waals surface area contributed by atoms with Crippen LogP contribution in [0.1, 0.15) is 12.6 Å². The quantitative estimate of drug-likeness (QED) is 0.532. The van der Waals surface area contributed by atoms with Crippen molar-refractivity contribution in [1.82, 2.24) is 4.68 Å². The van der Waals surface area contributed by atoms with Gasteiger partial charge in [-0.2, -0.15) is 0 Å². The molecule has 1 aromatic rings. The van der Waals surface area contributed by atoms with Gasteiger partial charge in [0.25, 0.3) is 0 Å². The van der Waals surface area contributed by atoms with Crippen LogP contribution in [0.25, 0.3) is 0 Å². The highest BCUT2D eigenvalue weighted by Crippen LogP contribution is 1.96. The Hall–Kier alpha value is -0.920. The molecule has 2 heteroatoms. The highest BCUT2D eigenvalue weighted by Gasteiger charge is 1.89. The molecule has 8 heavy (non-hydrogen) atoms. The van der Waals surface area contributed by atoms with Crippen LogP contribution in [0.4, 0.5) is 0 Å². The Morgan fingerprint density at radius 2 is 2.50 bits per heavy atom. The molecule has 1 rings (SSSR count). The summed E-state index contributed by atoms with van der Waals surface area (Å²) in [6.07, 6.45) is 2.85. The third-order valence-electron chi connectivity index (χ3n) is 1.23. The van der Waals surface area contributed by atoms with E-state index >= 15 is 0 Å². The van der Waals surface area contributed by atoms with E-state index in [1.54, 1.807) is 4.68 Å². The summed E-state index contributed by atoms with van der Waals surface area (Å²) in [7, 11) is 0. The van der Waals surface area contributed by atoms with Crippen LogP contribution in [0.2, 0.25) is 0 Å². The van der Waals surface area contributed by atoms with Crippen LogP contribution in [-0.2, 0) is 6.42 Å². The summed E-state index contributed by atoms with van der Waals surface area (Å²) >= 11 is 0. The smallest absolute Gasteiger partial charge is 0.0389 e. The molecule has 0 radical (unpaired) electrons. The number of hydrogen-bond donors (Lipinski definition) is 1. The lowest BCUT2D eigenvalue weighted by Crippen LogP contribution is -2.09. The van der Waals surface area contributed by atoms with Gasteiger partial charge in [-0.15, -0.1) is 0 Å². The van der Waals surface area contributed by atoms with Crippen molar-refractivity contribution in [2.24, 2.45) is 0 Å². The maximum Gasteiger partial charge on any atom is 0.0389 e. The first-order valence-corrected chi connectivity index (χ1v) is 2.76. The number of aromatic nitrogens is 1. The van der Waals surface area contributed by atoms with Gasteiger partial charge in [-0.3, -0.25) is 4.68 Å². The third-order valence-corrected chi connectivity index (χ3v) is 1.23. The standard InChI is InChI=1S/C6H10N2/c1-2-6-4-3-5-8(6)7/h3-5H,2,7H2,1H3. The number of nitrogens with zero attached hydrogens (tertiary/aromatic N) is 1. The molecule has 0 saturated carbocycles. The van der Waals surface area contributed by atoms with Gasteiger partial charge in [0.1, 0.15) is 0 Å². The van der Waals surface area contributed by atoms with Gasteiger partial charge in [-0.25, -0.2) is 0 Å². The van der Waals surface area contributed by atoms with E-state index in [4.69, 9.17) is 5.84 Å². The number of nitrogens with two attached hydrogens (primary N) is 1. The minimum Gasteiger partial charge on any atom is -0.339 e. The Kier molecular flexibility index (Phi) is 1.24. The van der Waals surface area contributed by atoms with E-state index in [0.717, 1.165) is 6.42 Å². The van der Waals surface area contributed by atoms with Crippen molar-refractivity contribution in [2.75, 3.05) is 5.84 Å². The maximum absolute atomic E-state index is 5.47. The normalized spacial score (nSPS) is 9.62. The predicted octanol–water partition coefficient (Wildman–Crippen LogP) is 0.764. The minimum absolute atomic E-state index is 1.00. The van der Waals surface area contributed by atoms with E-state index in [1.807, 2.05) is 18.3 Å². The number of nitrogen functional groups attached to an aromatic ring is 1. The van der Waals surface area contributed by atoms with Crippen LogP contribution in [0.3, 0.4) is 0 Å². The minimum atomic E-state index is 1.00. The van der Waals surface area contributed by atoms with Gasteiger partial charge in [0.2, 0.25) is 0 Å². The molecule has 0 unspecified atom stereocenters. The maximum atomic E-state index is 5.47. The van der Waals surface area contributed by atoms with Crippen molar-refractivity contribution in [3.05, 3.63) is 24.0 Å². The molecule has 44 valence electrons. The van der Waals surface area contributed by atoms with E-state index in [-0.39, 0.29) is 0 Å². The molecule has 0 amide bonds. The topological polar surface area (TPSA) is 30.9 Å². The second kappa shape index (κ2) is 1.90. The molecule has 0 spiro atoms. The first kappa shape index (κ1) is 5.22. The SMILES string of the molecule is CCc1cccn1N. The van der Waals surface area contributed by atoms with E-state index in [1.165, 1.54) is 5.69 Å². The summed E-state index contributed by atoms with van der Waals surface area (Å²) in [5, 5.41) is 0. The van der Waals surface area contributed by atoms with Crippen molar-refractivity contribution >= 4 is 0 Å². The molecule has 0 fully saturated rings. The molecule has 1 aromatic heterocycles. The second-order valence-electron chi connectivity index (χ2n) is 1.76. The predicted molar refractivity (Wildman–Crippen MR) is 34.0 cm³/mol. The first-order valence-electron chi connectivity index (χ1n) is 2.76. The molecule has 2 nitrogen and oxygen atoms in total. The first-order chi connectivity index (χ1) is 3.84. The zero-order valence-corrected chi connectivity index (χ0v) is 4.96. The fourth-order valence-electron chi connectivity index (χ4n) is 0.729. The van der Waals surface area contributed by atoms with Crippen molar-refractivity contribution < 1.29 is 0 Å². The lowest BCUT2D eigenvalue weighted by Gasteiger charge is -1.95. The van der Waals surface area contributed by atoms with Crippen molar-refractivity contribution in [1.29, 1.82) is 0 Å². The summed E-state index contributed by atoms with van der Waals surface area (Å²) in [5.74, 6) is 5.47. The van der Waals surface area contributed by atoms with Gasteiger partial charge in [-0.1, -0.05) is 6.92 Å². The highest BCUT2D eigenvalue weighted by molar-refractivity contribution is 5.06. The lowest BCUT2D eigenvalue weighted by molar-refractivity contribution is 0.898. The summed E-state index contributed by atoms with van der Waals surface area (Å²) < 4.78 is 1.64. The van der Waals surface area contributed by atoms with Crippen LogP contribution >= 0.6 is 0 Å². The number of hydrogen-bond acceptors (Lipinski definition) is 1. The summed E-state index contributed by atoms with van der Waals surface area (Å²) in [5.41, 5.74) is 1.17. The molecule has 1 heterocycles. The lowest BCUT2D eigenvalue weighted by atomic mass is 10.3. The monoisotopic (exact) mass is 110 g/mol. The largest absolute Gasteiger partial charge is 0.339 e. The Morgan fingerprint density at radius 3 is 2.75 bits per heavy atom. The van der Waals surface area contributed by atoms with E-state index in [0.29, 0.717) is 0 Å². The van der Waals surface area contributed by atoms with Gasteiger partial charge in [0.05, 0.1) is 0 Å². The van der Waals surface area contributed by atoms with Gasteiger partial charge in [-0.05, 0) is 18.6 Å².